The van der Waals surface area contributed by atoms with E-state index in [-0.39, 0.29) is 12.1 Å². The molecule has 1 aromatic rings. The van der Waals surface area contributed by atoms with E-state index >= 15 is 0 Å². The van der Waals surface area contributed by atoms with E-state index in [1.54, 1.807) is 0 Å². The molecule has 3 nitrogen and oxygen atoms in total. The Morgan fingerprint density at radius 1 is 1.29 bits per heavy atom. The molecule has 5 heteroatoms. The van der Waals surface area contributed by atoms with Gasteiger partial charge in [-0.05, 0) is 17.7 Å². The zero-order valence-electron chi connectivity index (χ0n) is 7.43. The Labute approximate surface area is 80.3 Å². The average molecular weight is 199 g/mol. The maximum atomic E-state index is 12.9. The van der Waals surface area contributed by atoms with E-state index < -0.39 is 11.6 Å². The molecule has 1 heterocycles. The molecule has 2 rings (SSSR count). The Kier molecular flexibility index (Phi) is 2.45. The molecule has 0 radical (unpaired) electrons. The van der Waals surface area contributed by atoms with E-state index in [9.17, 15) is 8.78 Å². The number of benzene rings is 1. The van der Waals surface area contributed by atoms with Gasteiger partial charge in [-0.3, -0.25) is 5.43 Å². The fraction of sp³-hybridized carbons (Fsp3) is 0.333. The van der Waals surface area contributed by atoms with Gasteiger partial charge in [0.25, 0.3) is 0 Å². The Balaban J connectivity index is 2.28. The van der Waals surface area contributed by atoms with Crippen molar-refractivity contribution in [1.29, 1.82) is 0 Å². The van der Waals surface area contributed by atoms with E-state index in [1.807, 2.05) is 0 Å². The average Bonchev–Trinajstić information content (AvgIpc) is 2.57. The van der Waals surface area contributed by atoms with Crippen molar-refractivity contribution in [2.75, 3.05) is 6.54 Å². The summed E-state index contributed by atoms with van der Waals surface area (Å²) in [6.45, 7) is 0.615. The lowest BCUT2D eigenvalue weighted by Crippen LogP contribution is -2.30. The summed E-state index contributed by atoms with van der Waals surface area (Å²) in [5, 5.41) is 0. The summed E-state index contributed by atoms with van der Waals surface area (Å²) in [5.41, 5.74) is 12.2. The van der Waals surface area contributed by atoms with Gasteiger partial charge in [0.15, 0.2) is 11.6 Å². The summed E-state index contributed by atoms with van der Waals surface area (Å²) in [6.07, 6.45) is 0. The zero-order chi connectivity index (χ0) is 10.1. The van der Waals surface area contributed by atoms with Crippen LogP contribution >= 0.6 is 0 Å². The number of nitrogens with one attached hydrogen (secondary N) is 2. The van der Waals surface area contributed by atoms with Gasteiger partial charge in [0.1, 0.15) is 0 Å². The fourth-order valence-electron chi connectivity index (χ4n) is 1.55. The highest BCUT2D eigenvalue weighted by atomic mass is 19.2. The number of nitrogens with two attached hydrogens (primary N) is 1. The molecule has 1 aromatic carbocycles. The molecule has 1 fully saturated rings. The number of hydrazine groups is 1. The Hall–Kier alpha value is -1.04. The van der Waals surface area contributed by atoms with Crippen LogP contribution in [-0.2, 0) is 0 Å². The van der Waals surface area contributed by atoms with Gasteiger partial charge in [0, 0.05) is 12.6 Å². The molecule has 0 aromatic heterocycles. The highest BCUT2D eigenvalue weighted by Gasteiger charge is 2.25. The predicted octanol–water partition coefficient (Wildman–Crippen LogP) is 0.441. The molecule has 0 spiro atoms. The van der Waals surface area contributed by atoms with Crippen molar-refractivity contribution in [3.8, 4) is 0 Å². The van der Waals surface area contributed by atoms with Gasteiger partial charge in [0.2, 0.25) is 0 Å². The molecule has 0 amide bonds. The Morgan fingerprint density at radius 2 is 2.07 bits per heavy atom. The van der Waals surface area contributed by atoms with E-state index in [0.717, 1.165) is 6.07 Å². The summed E-state index contributed by atoms with van der Waals surface area (Å²) < 4.78 is 25.5. The van der Waals surface area contributed by atoms with Crippen LogP contribution in [0.25, 0.3) is 0 Å². The summed E-state index contributed by atoms with van der Waals surface area (Å²) in [5.74, 6) is -1.68. The second-order valence-electron chi connectivity index (χ2n) is 3.34. The largest absolute Gasteiger partial charge is 0.325 e. The van der Waals surface area contributed by atoms with Crippen molar-refractivity contribution >= 4 is 0 Å². The minimum atomic E-state index is -0.844. The molecule has 76 valence electrons. The molecule has 1 saturated heterocycles. The topological polar surface area (TPSA) is 50.1 Å². The maximum absolute atomic E-state index is 12.9. The lowest BCUT2D eigenvalue weighted by molar-refractivity contribution is 0.497. The van der Waals surface area contributed by atoms with Gasteiger partial charge in [-0.1, -0.05) is 6.07 Å². The third-order valence-corrected chi connectivity index (χ3v) is 2.33. The molecule has 1 aliphatic heterocycles. The summed E-state index contributed by atoms with van der Waals surface area (Å²) in [4.78, 5) is 0. The van der Waals surface area contributed by atoms with Crippen molar-refractivity contribution < 1.29 is 8.78 Å². The monoisotopic (exact) mass is 199 g/mol. The van der Waals surface area contributed by atoms with Gasteiger partial charge in [0.05, 0.1) is 6.04 Å². The van der Waals surface area contributed by atoms with Gasteiger partial charge in [-0.15, -0.1) is 0 Å². The quantitative estimate of drug-likeness (QED) is 0.615. The molecule has 0 aliphatic carbocycles. The lowest BCUT2D eigenvalue weighted by atomic mass is 10.0. The normalized spacial score (nSPS) is 26.8. The standard InChI is InChI=1S/C9H11F2N3/c10-6-2-1-5(3-7(6)11)9-8(12)4-13-14-9/h1-3,8-9,13-14H,4,12H2. The minimum Gasteiger partial charge on any atom is -0.325 e. The second-order valence-corrected chi connectivity index (χ2v) is 3.34. The first-order chi connectivity index (χ1) is 6.68. The van der Waals surface area contributed by atoms with Crippen LogP contribution in [0.1, 0.15) is 11.6 Å². The van der Waals surface area contributed by atoms with E-state index in [2.05, 4.69) is 10.9 Å². The molecule has 1 aliphatic rings. The van der Waals surface area contributed by atoms with Crippen LogP contribution in [0, 0.1) is 11.6 Å². The van der Waals surface area contributed by atoms with Gasteiger partial charge in [-0.25, -0.2) is 14.2 Å². The first kappa shape index (κ1) is 9.51. The Bertz CT molecular complexity index is 343. The van der Waals surface area contributed by atoms with E-state index in [1.165, 1.54) is 12.1 Å². The van der Waals surface area contributed by atoms with Crippen LogP contribution in [-0.4, -0.2) is 12.6 Å². The minimum absolute atomic E-state index is 0.125. The highest BCUT2D eigenvalue weighted by Crippen LogP contribution is 2.20. The number of hydrogen-bond donors (Lipinski definition) is 3. The van der Waals surface area contributed by atoms with Crippen molar-refractivity contribution in [3.63, 3.8) is 0 Å². The lowest BCUT2D eigenvalue weighted by Gasteiger charge is -2.14. The molecule has 0 bridgehead atoms. The number of hydrogen-bond acceptors (Lipinski definition) is 3. The van der Waals surface area contributed by atoms with Crippen LogP contribution in [0.15, 0.2) is 18.2 Å². The molecular formula is C9H11F2N3. The smallest absolute Gasteiger partial charge is 0.159 e. The van der Waals surface area contributed by atoms with Gasteiger partial charge in [-0.2, -0.15) is 0 Å². The van der Waals surface area contributed by atoms with E-state index in [4.69, 9.17) is 5.73 Å². The third kappa shape index (κ3) is 1.61. The van der Waals surface area contributed by atoms with Crippen molar-refractivity contribution in [3.05, 3.63) is 35.4 Å². The molecule has 2 atom stereocenters. The predicted molar refractivity (Wildman–Crippen MR) is 48.2 cm³/mol. The zero-order valence-corrected chi connectivity index (χ0v) is 7.43. The molecule has 2 unspecified atom stereocenters. The van der Waals surface area contributed by atoms with Crippen molar-refractivity contribution in [1.82, 2.24) is 10.9 Å². The van der Waals surface area contributed by atoms with Gasteiger partial charge >= 0.3 is 0 Å². The number of halogens is 2. The highest BCUT2D eigenvalue weighted by molar-refractivity contribution is 5.23. The summed E-state index contributed by atoms with van der Waals surface area (Å²) in [6, 6.07) is 3.52. The fourth-order valence-corrected chi connectivity index (χ4v) is 1.55. The molecule has 0 saturated carbocycles. The second kappa shape index (κ2) is 3.61. The van der Waals surface area contributed by atoms with Crippen LogP contribution in [0.4, 0.5) is 8.78 Å². The first-order valence-electron chi connectivity index (χ1n) is 4.37. The molecular weight excluding hydrogens is 188 g/mol. The van der Waals surface area contributed by atoms with Crippen LogP contribution in [0.5, 0.6) is 0 Å². The SMILES string of the molecule is NC1CNNC1c1ccc(F)c(F)c1. The third-order valence-electron chi connectivity index (χ3n) is 2.33. The molecule has 4 N–H and O–H groups in total. The van der Waals surface area contributed by atoms with E-state index in [0.29, 0.717) is 12.1 Å². The van der Waals surface area contributed by atoms with Crippen molar-refractivity contribution in [2.45, 2.75) is 12.1 Å². The summed E-state index contributed by atoms with van der Waals surface area (Å²) in [7, 11) is 0. The van der Waals surface area contributed by atoms with Crippen LogP contribution in [0.2, 0.25) is 0 Å². The van der Waals surface area contributed by atoms with Gasteiger partial charge < -0.3 is 5.73 Å². The summed E-state index contributed by atoms with van der Waals surface area (Å²) >= 11 is 0. The Morgan fingerprint density at radius 3 is 2.64 bits per heavy atom. The van der Waals surface area contributed by atoms with Crippen LogP contribution < -0.4 is 16.6 Å². The molecule has 14 heavy (non-hydrogen) atoms. The van der Waals surface area contributed by atoms with Crippen LogP contribution in [0.3, 0.4) is 0 Å². The first-order valence-corrected chi connectivity index (χ1v) is 4.37. The number of rotatable bonds is 1. The van der Waals surface area contributed by atoms with Crippen molar-refractivity contribution in [2.24, 2.45) is 5.73 Å². The maximum Gasteiger partial charge on any atom is 0.159 e.